The number of rotatable bonds is 6. The number of nitrogens with zero attached hydrogens (tertiary/aromatic N) is 3. The smallest absolute Gasteiger partial charge is 0.243 e. The molecule has 32 heavy (non-hydrogen) atoms. The van der Waals surface area contributed by atoms with Gasteiger partial charge in [0.1, 0.15) is 10.9 Å². The summed E-state index contributed by atoms with van der Waals surface area (Å²) in [6, 6.07) is 13.5. The molecule has 1 spiro atoms. The van der Waals surface area contributed by atoms with Gasteiger partial charge in [0.05, 0.1) is 15.6 Å². The van der Waals surface area contributed by atoms with E-state index in [0.29, 0.717) is 25.9 Å². The van der Waals surface area contributed by atoms with Crippen molar-refractivity contribution in [3.05, 3.63) is 64.9 Å². The summed E-state index contributed by atoms with van der Waals surface area (Å²) in [5, 5.41) is 0.733. The zero-order chi connectivity index (χ0) is 22.8. The van der Waals surface area contributed by atoms with Crippen LogP contribution in [-0.2, 0) is 10.0 Å². The standard InChI is InChI=1S/C23H25ClFN3O2S2/c1-2-3-15-31-22-21(17-7-5-4-6-8-17)26-23(27-22)11-13-28(14-12-23)32(29,30)18-9-10-20(25)19(24)16-18/h4-10,16H,2-3,11-15H2,1H3. The van der Waals surface area contributed by atoms with E-state index in [-0.39, 0.29) is 9.92 Å². The van der Waals surface area contributed by atoms with Crippen molar-refractivity contribution in [2.75, 3.05) is 18.8 Å². The van der Waals surface area contributed by atoms with E-state index in [9.17, 15) is 12.8 Å². The molecule has 0 bridgehead atoms. The first-order valence-corrected chi connectivity index (χ1v) is 13.5. The number of aliphatic imine (C=N–C) groups is 2. The number of halogens is 2. The highest BCUT2D eigenvalue weighted by molar-refractivity contribution is 8.15. The van der Waals surface area contributed by atoms with Crippen LogP contribution < -0.4 is 0 Å². The molecule has 0 aliphatic carbocycles. The number of thioether (sulfide) groups is 1. The lowest BCUT2D eigenvalue weighted by atomic mass is 10.00. The molecule has 2 aliphatic rings. The van der Waals surface area contributed by atoms with Crippen LogP contribution in [0.2, 0.25) is 5.02 Å². The third-order valence-electron chi connectivity index (χ3n) is 5.67. The molecule has 2 aromatic carbocycles. The lowest BCUT2D eigenvalue weighted by Crippen LogP contribution is -2.44. The van der Waals surface area contributed by atoms with Gasteiger partial charge in [-0.1, -0.05) is 55.3 Å². The fourth-order valence-corrected chi connectivity index (χ4v) is 6.69. The van der Waals surface area contributed by atoms with E-state index in [1.165, 1.54) is 16.4 Å². The second kappa shape index (κ2) is 9.63. The third-order valence-corrected chi connectivity index (χ3v) is 8.90. The third kappa shape index (κ3) is 4.78. The van der Waals surface area contributed by atoms with Crippen molar-refractivity contribution in [3.8, 4) is 0 Å². The van der Waals surface area contributed by atoms with Crippen molar-refractivity contribution >= 4 is 44.1 Å². The quantitative estimate of drug-likeness (QED) is 0.506. The van der Waals surface area contributed by atoms with Gasteiger partial charge < -0.3 is 0 Å². The molecular formula is C23H25ClFN3O2S2. The fraction of sp³-hybridized carbons (Fsp3) is 0.391. The molecule has 0 N–H and O–H groups in total. The Kier molecular flexibility index (Phi) is 7.05. The van der Waals surface area contributed by atoms with Crippen LogP contribution >= 0.6 is 23.4 Å². The van der Waals surface area contributed by atoms with Gasteiger partial charge in [-0.2, -0.15) is 4.31 Å². The molecule has 0 amide bonds. The Hall–Kier alpha value is -1.74. The molecule has 0 aromatic heterocycles. The zero-order valence-corrected chi connectivity index (χ0v) is 20.2. The molecule has 2 heterocycles. The van der Waals surface area contributed by atoms with Crippen LogP contribution in [0.25, 0.3) is 0 Å². The molecule has 1 fully saturated rings. The average molecular weight is 494 g/mol. The Bertz CT molecular complexity index is 1150. The largest absolute Gasteiger partial charge is 0.252 e. The topological polar surface area (TPSA) is 62.1 Å². The van der Waals surface area contributed by atoms with Crippen LogP contribution in [0.1, 0.15) is 38.2 Å². The van der Waals surface area contributed by atoms with Gasteiger partial charge in [0.2, 0.25) is 10.0 Å². The summed E-state index contributed by atoms with van der Waals surface area (Å²) in [4.78, 5) is 10.0. The molecule has 0 unspecified atom stereocenters. The minimum Gasteiger partial charge on any atom is -0.252 e. The number of hydrogen-bond acceptors (Lipinski definition) is 5. The number of piperidine rings is 1. The Morgan fingerprint density at radius 3 is 2.50 bits per heavy atom. The van der Waals surface area contributed by atoms with Crippen molar-refractivity contribution < 1.29 is 12.8 Å². The lowest BCUT2D eigenvalue weighted by molar-refractivity contribution is 0.249. The highest BCUT2D eigenvalue weighted by atomic mass is 35.5. The van der Waals surface area contributed by atoms with Gasteiger partial charge in [0.25, 0.3) is 0 Å². The molecule has 1 saturated heterocycles. The molecule has 2 aliphatic heterocycles. The first-order chi connectivity index (χ1) is 15.3. The molecule has 0 radical (unpaired) electrons. The Morgan fingerprint density at radius 2 is 1.84 bits per heavy atom. The van der Waals surface area contributed by atoms with Crippen molar-refractivity contribution in [3.63, 3.8) is 0 Å². The van der Waals surface area contributed by atoms with Gasteiger partial charge >= 0.3 is 0 Å². The number of benzene rings is 2. The monoisotopic (exact) mass is 493 g/mol. The van der Waals surface area contributed by atoms with Gasteiger partial charge in [0, 0.05) is 31.5 Å². The van der Waals surface area contributed by atoms with Crippen LogP contribution in [0.15, 0.2) is 63.4 Å². The molecule has 5 nitrogen and oxygen atoms in total. The maximum Gasteiger partial charge on any atom is 0.243 e. The fourth-order valence-electron chi connectivity index (χ4n) is 3.82. The lowest BCUT2D eigenvalue weighted by Gasteiger charge is -2.34. The van der Waals surface area contributed by atoms with Gasteiger partial charge in [-0.25, -0.2) is 17.8 Å². The summed E-state index contributed by atoms with van der Waals surface area (Å²) in [5.74, 6) is 0.336. The average Bonchev–Trinajstić information content (AvgIpc) is 3.14. The number of unbranched alkanes of at least 4 members (excludes halogenated alkanes) is 1. The predicted molar refractivity (Wildman–Crippen MR) is 130 cm³/mol. The SMILES string of the molecule is CCCCSC1=NC2(CCN(S(=O)(=O)c3ccc(F)c(Cl)c3)CC2)N=C1c1ccccc1. The minimum absolute atomic E-state index is 0.000871. The Morgan fingerprint density at radius 1 is 1.12 bits per heavy atom. The maximum atomic E-state index is 13.5. The molecular weight excluding hydrogens is 469 g/mol. The van der Waals surface area contributed by atoms with Gasteiger partial charge in [-0.15, -0.1) is 11.8 Å². The van der Waals surface area contributed by atoms with Crippen molar-refractivity contribution in [1.29, 1.82) is 0 Å². The highest BCUT2D eigenvalue weighted by Crippen LogP contribution is 2.37. The summed E-state index contributed by atoms with van der Waals surface area (Å²) in [6.07, 6.45) is 3.21. The van der Waals surface area contributed by atoms with Crippen LogP contribution in [-0.4, -0.2) is 48.0 Å². The Labute approximate surface area is 197 Å². The van der Waals surface area contributed by atoms with Crippen molar-refractivity contribution in [1.82, 2.24) is 4.31 Å². The van der Waals surface area contributed by atoms with E-state index < -0.39 is 21.5 Å². The van der Waals surface area contributed by atoms with E-state index in [4.69, 9.17) is 21.6 Å². The van der Waals surface area contributed by atoms with E-state index in [0.717, 1.165) is 41.0 Å². The van der Waals surface area contributed by atoms with E-state index in [2.05, 4.69) is 6.92 Å². The number of hydrogen-bond donors (Lipinski definition) is 0. The van der Waals surface area contributed by atoms with Crippen molar-refractivity contribution in [2.45, 2.75) is 43.2 Å². The van der Waals surface area contributed by atoms with E-state index in [1.54, 1.807) is 11.8 Å². The normalized spacial score (nSPS) is 18.6. The van der Waals surface area contributed by atoms with Gasteiger partial charge in [-0.3, -0.25) is 4.99 Å². The molecule has 9 heteroatoms. The van der Waals surface area contributed by atoms with Crippen LogP contribution in [0.5, 0.6) is 0 Å². The summed E-state index contributed by atoms with van der Waals surface area (Å²) >= 11 is 7.53. The van der Waals surface area contributed by atoms with E-state index >= 15 is 0 Å². The molecule has 4 rings (SSSR count). The van der Waals surface area contributed by atoms with E-state index in [1.807, 2.05) is 30.3 Å². The molecule has 2 aromatic rings. The van der Waals surface area contributed by atoms with Crippen LogP contribution in [0.4, 0.5) is 4.39 Å². The van der Waals surface area contributed by atoms with Gasteiger partial charge in [-0.05, 0) is 30.4 Å². The first kappa shape index (κ1) is 23.4. The second-order valence-corrected chi connectivity index (χ2v) is 11.3. The van der Waals surface area contributed by atoms with Crippen LogP contribution in [0, 0.1) is 5.82 Å². The minimum atomic E-state index is -3.76. The van der Waals surface area contributed by atoms with Crippen LogP contribution in [0.3, 0.4) is 0 Å². The zero-order valence-electron chi connectivity index (χ0n) is 17.8. The Balaban J connectivity index is 1.55. The first-order valence-electron chi connectivity index (χ1n) is 10.7. The second-order valence-electron chi connectivity index (χ2n) is 7.91. The molecule has 0 atom stereocenters. The maximum absolute atomic E-state index is 13.5. The summed E-state index contributed by atoms with van der Waals surface area (Å²) in [6.45, 7) is 2.74. The predicted octanol–water partition coefficient (Wildman–Crippen LogP) is 5.39. The summed E-state index contributed by atoms with van der Waals surface area (Å²) in [7, 11) is -3.76. The molecule has 170 valence electrons. The highest BCUT2D eigenvalue weighted by Gasteiger charge is 2.42. The molecule has 0 saturated carbocycles. The summed E-state index contributed by atoms with van der Waals surface area (Å²) in [5.41, 5.74) is 1.29. The summed E-state index contributed by atoms with van der Waals surface area (Å²) < 4.78 is 41.0. The van der Waals surface area contributed by atoms with Crippen molar-refractivity contribution in [2.24, 2.45) is 9.98 Å². The number of sulfonamides is 1. The van der Waals surface area contributed by atoms with Gasteiger partial charge in [0.15, 0.2) is 5.66 Å².